The van der Waals surface area contributed by atoms with Crippen LogP contribution < -0.4 is 19.7 Å². The minimum Gasteiger partial charge on any atom is -0.493 e. The van der Waals surface area contributed by atoms with Gasteiger partial charge in [-0.05, 0) is 24.3 Å². The molecular weight excluding hydrogens is 358 g/mol. The Hall–Kier alpha value is -3.16. The van der Waals surface area contributed by atoms with Gasteiger partial charge in [0.1, 0.15) is 11.6 Å². The molecule has 1 aliphatic heterocycles. The van der Waals surface area contributed by atoms with Crippen molar-refractivity contribution >= 4 is 23.2 Å². The van der Waals surface area contributed by atoms with E-state index in [-0.39, 0.29) is 24.6 Å². The van der Waals surface area contributed by atoms with Crippen LogP contribution in [0.3, 0.4) is 0 Å². The standard InChI is InChI=1S/C19H18F2N2O4/c1-26-16-6-4-13(9-17(16)27-2)23-10-11(7-18(23)24)19(25)22-15-8-12(20)3-5-14(15)21/h3-6,8-9,11H,7,10H2,1-2H3,(H,22,25). The van der Waals surface area contributed by atoms with Crippen LogP contribution in [-0.2, 0) is 9.59 Å². The van der Waals surface area contributed by atoms with Crippen LogP contribution >= 0.6 is 0 Å². The van der Waals surface area contributed by atoms with Crippen LogP contribution in [0.15, 0.2) is 36.4 Å². The third-order valence-corrected chi connectivity index (χ3v) is 4.36. The van der Waals surface area contributed by atoms with Crippen molar-refractivity contribution < 1.29 is 27.8 Å². The Morgan fingerprint density at radius 3 is 2.56 bits per heavy atom. The average molecular weight is 376 g/mol. The molecule has 1 fully saturated rings. The summed E-state index contributed by atoms with van der Waals surface area (Å²) in [6, 6.07) is 7.78. The molecule has 6 nitrogen and oxygen atoms in total. The van der Waals surface area contributed by atoms with Crippen LogP contribution in [0.4, 0.5) is 20.2 Å². The van der Waals surface area contributed by atoms with Gasteiger partial charge in [0, 0.05) is 30.8 Å². The first-order valence-electron chi connectivity index (χ1n) is 8.21. The summed E-state index contributed by atoms with van der Waals surface area (Å²) in [6.45, 7) is 0.122. The van der Waals surface area contributed by atoms with Gasteiger partial charge in [0.25, 0.3) is 0 Å². The number of nitrogens with zero attached hydrogens (tertiary/aromatic N) is 1. The number of nitrogens with one attached hydrogen (secondary N) is 1. The number of rotatable bonds is 5. The maximum absolute atomic E-state index is 13.7. The maximum atomic E-state index is 13.7. The van der Waals surface area contributed by atoms with E-state index < -0.39 is 23.5 Å². The molecule has 8 heteroatoms. The summed E-state index contributed by atoms with van der Waals surface area (Å²) in [6.07, 6.45) is -0.0306. The predicted molar refractivity (Wildman–Crippen MR) is 95.0 cm³/mol. The largest absolute Gasteiger partial charge is 0.493 e. The molecular formula is C19H18F2N2O4. The van der Waals surface area contributed by atoms with E-state index in [0.717, 1.165) is 18.2 Å². The zero-order valence-corrected chi connectivity index (χ0v) is 14.8. The van der Waals surface area contributed by atoms with Gasteiger partial charge in [0.15, 0.2) is 11.5 Å². The second kappa shape index (κ2) is 7.61. The first-order chi connectivity index (χ1) is 12.9. The summed E-state index contributed by atoms with van der Waals surface area (Å²) in [5.74, 6) is -1.92. The van der Waals surface area contributed by atoms with Crippen molar-refractivity contribution in [2.45, 2.75) is 6.42 Å². The summed E-state index contributed by atoms with van der Waals surface area (Å²) < 4.78 is 37.4. The van der Waals surface area contributed by atoms with Gasteiger partial charge in [-0.1, -0.05) is 0 Å². The molecule has 1 atom stereocenters. The number of hydrogen-bond donors (Lipinski definition) is 1. The molecule has 0 saturated carbocycles. The molecule has 0 aliphatic carbocycles. The first kappa shape index (κ1) is 18.6. The quantitative estimate of drug-likeness (QED) is 0.871. The molecule has 1 N–H and O–H groups in total. The molecule has 2 amide bonds. The Morgan fingerprint density at radius 2 is 1.85 bits per heavy atom. The smallest absolute Gasteiger partial charge is 0.229 e. The van der Waals surface area contributed by atoms with Crippen LogP contribution in [0.2, 0.25) is 0 Å². The number of hydrogen-bond acceptors (Lipinski definition) is 4. The summed E-state index contributed by atoms with van der Waals surface area (Å²) in [5.41, 5.74) is 0.307. The van der Waals surface area contributed by atoms with Gasteiger partial charge < -0.3 is 19.7 Å². The lowest BCUT2D eigenvalue weighted by molar-refractivity contribution is -0.122. The lowest BCUT2D eigenvalue weighted by atomic mass is 10.1. The van der Waals surface area contributed by atoms with E-state index in [1.807, 2.05) is 0 Å². The van der Waals surface area contributed by atoms with Gasteiger partial charge in [-0.15, -0.1) is 0 Å². The van der Waals surface area contributed by atoms with Gasteiger partial charge in [-0.3, -0.25) is 9.59 Å². The normalized spacial score (nSPS) is 16.4. The number of amides is 2. The molecule has 1 unspecified atom stereocenters. The highest BCUT2D eigenvalue weighted by atomic mass is 19.1. The van der Waals surface area contributed by atoms with Crippen molar-refractivity contribution in [1.82, 2.24) is 0 Å². The minimum absolute atomic E-state index is 0.0306. The van der Waals surface area contributed by atoms with Gasteiger partial charge in [-0.25, -0.2) is 8.78 Å². The van der Waals surface area contributed by atoms with Gasteiger partial charge >= 0.3 is 0 Å². The van der Waals surface area contributed by atoms with E-state index >= 15 is 0 Å². The third-order valence-electron chi connectivity index (χ3n) is 4.36. The van der Waals surface area contributed by atoms with Crippen LogP contribution in [0.5, 0.6) is 11.5 Å². The van der Waals surface area contributed by atoms with E-state index in [1.165, 1.54) is 19.1 Å². The SMILES string of the molecule is COc1ccc(N2CC(C(=O)Nc3cc(F)ccc3F)CC2=O)cc1OC. The second-order valence-electron chi connectivity index (χ2n) is 6.06. The minimum atomic E-state index is -0.745. The van der Waals surface area contributed by atoms with Crippen molar-refractivity contribution in [3.63, 3.8) is 0 Å². The highest BCUT2D eigenvalue weighted by Crippen LogP contribution is 2.34. The molecule has 1 heterocycles. The number of benzene rings is 2. The Bertz CT molecular complexity index is 888. The van der Waals surface area contributed by atoms with Gasteiger partial charge in [0.2, 0.25) is 11.8 Å². The molecule has 142 valence electrons. The van der Waals surface area contributed by atoms with Crippen LogP contribution in [0, 0.1) is 17.6 Å². The Kier molecular flexibility index (Phi) is 5.25. The average Bonchev–Trinajstić information content (AvgIpc) is 3.06. The second-order valence-corrected chi connectivity index (χ2v) is 6.06. The van der Waals surface area contributed by atoms with Gasteiger partial charge in [0.05, 0.1) is 25.8 Å². The van der Waals surface area contributed by atoms with Crippen molar-refractivity contribution in [1.29, 1.82) is 0 Å². The topological polar surface area (TPSA) is 67.9 Å². The summed E-state index contributed by atoms with van der Waals surface area (Å²) in [5, 5.41) is 2.35. The number of carbonyl (C=O) groups excluding carboxylic acids is 2. The fourth-order valence-corrected chi connectivity index (χ4v) is 2.95. The molecule has 2 aromatic rings. The maximum Gasteiger partial charge on any atom is 0.229 e. The summed E-state index contributed by atoms with van der Waals surface area (Å²) in [4.78, 5) is 26.2. The van der Waals surface area contributed by atoms with Crippen LogP contribution in [0.25, 0.3) is 0 Å². The molecule has 27 heavy (non-hydrogen) atoms. The molecule has 2 aromatic carbocycles. The van der Waals surface area contributed by atoms with Crippen LogP contribution in [-0.4, -0.2) is 32.6 Å². The molecule has 3 rings (SSSR count). The van der Waals surface area contributed by atoms with E-state index in [9.17, 15) is 18.4 Å². The monoisotopic (exact) mass is 376 g/mol. The highest BCUT2D eigenvalue weighted by molar-refractivity contribution is 6.03. The van der Waals surface area contributed by atoms with Crippen LogP contribution in [0.1, 0.15) is 6.42 Å². The lowest BCUT2D eigenvalue weighted by Gasteiger charge is -2.18. The van der Waals surface area contributed by atoms with Crippen molar-refractivity contribution in [3.05, 3.63) is 48.0 Å². The number of ether oxygens (including phenoxy) is 2. The fraction of sp³-hybridized carbons (Fsp3) is 0.263. The zero-order valence-electron chi connectivity index (χ0n) is 14.8. The third kappa shape index (κ3) is 3.84. The van der Waals surface area contributed by atoms with E-state index in [1.54, 1.807) is 18.2 Å². The Labute approximate surface area is 154 Å². The highest BCUT2D eigenvalue weighted by Gasteiger charge is 2.35. The Morgan fingerprint density at radius 1 is 1.11 bits per heavy atom. The molecule has 0 aromatic heterocycles. The lowest BCUT2D eigenvalue weighted by Crippen LogP contribution is -2.28. The predicted octanol–water partition coefficient (Wildman–Crippen LogP) is 2.97. The van der Waals surface area contributed by atoms with Crippen molar-refractivity contribution in [2.24, 2.45) is 5.92 Å². The number of methoxy groups -OCH3 is 2. The number of halogens is 2. The van der Waals surface area contributed by atoms with Gasteiger partial charge in [-0.2, -0.15) is 0 Å². The van der Waals surface area contributed by atoms with E-state index in [2.05, 4.69) is 5.32 Å². The summed E-state index contributed by atoms with van der Waals surface area (Å²) in [7, 11) is 2.99. The zero-order chi connectivity index (χ0) is 19.6. The molecule has 0 bridgehead atoms. The van der Waals surface area contributed by atoms with E-state index in [0.29, 0.717) is 17.2 Å². The molecule has 0 radical (unpaired) electrons. The molecule has 1 saturated heterocycles. The van der Waals surface area contributed by atoms with Crippen molar-refractivity contribution in [2.75, 3.05) is 31.0 Å². The van der Waals surface area contributed by atoms with Crippen molar-refractivity contribution in [3.8, 4) is 11.5 Å². The number of anilines is 2. The summed E-state index contributed by atoms with van der Waals surface area (Å²) >= 11 is 0. The van der Waals surface area contributed by atoms with E-state index in [4.69, 9.17) is 9.47 Å². The Balaban J connectivity index is 1.75. The number of carbonyl (C=O) groups is 2. The molecule has 1 aliphatic rings. The first-order valence-corrected chi connectivity index (χ1v) is 8.21. The fourth-order valence-electron chi connectivity index (χ4n) is 2.95. The molecule has 0 spiro atoms.